The van der Waals surface area contributed by atoms with Crippen LogP contribution in [-0.4, -0.2) is 36.9 Å². The van der Waals surface area contributed by atoms with Crippen molar-refractivity contribution in [2.24, 2.45) is 0 Å². The number of carbonyl (C=O) groups excluding carboxylic acids is 1. The lowest BCUT2D eigenvalue weighted by atomic mass is 10.0. The summed E-state index contributed by atoms with van der Waals surface area (Å²) in [5, 5.41) is 12.8. The molecule has 0 bridgehead atoms. The molecular weight excluding hydrogens is 256 g/mol. The number of nitrogen functional groups attached to an aromatic ring is 1. The van der Waals surface area contributed by atoms with Crippen molar-refractivity contribution < 1.29 is 14.6 Å². The Morgan fingerprint density at radius 2 is 2.05 bits per heavy atom. The summed E-state index contributed by atoms with van der Waals surface area (Å²) < 4.78 is 4.93. The lowest BCUT2D eigenvalue weighted by Crippen LogP contribution is -2.41. The standard InChI is InChI=1S/C15H24N2O3/c1-10-7-11(2)13(16)8-12(10)14(18)17-9-15(3,19)5-6-20-4/h7-8,19H,5-6,9,16H2,1-4H3,(H,17,18). The topological polar surface area (TPSA) is 84.6 Å². The van der Waals surface area contributed by atoms with Crippen LogP contribution in [0.2, 0.25) is 0 Å². The van der Waals surface area contributed by atoms with Crippen molar-refractivity contribution in [1.82, 2.24) is 5.32 Å². The number of rotatable bonds is 6. The van der Waals surface area contributed by atoms with Crippen LogP contribution < -0.4 is 11.1 Å². The summed E-state index contributed by atoms with van der Waals surface area (Å²) in [7, 11) is 1.58. The predicted molar refractivity (Wildman–Crippen MR) is 79.8 cm³/mol. The van der Waals surface area contributed by atoms with Crippen LogP contribution in [0.1, 0.15) is 34.8 Å². The number of nitrogens with one attached hydrogen (secondary N) is 1. The zero-order valence-corrected chi connectivity index (χ0v) is 12.6. The van der Waals surface area contributed by atoms with E-state index in [-0.39, 0.29) is 12.5 Å². The molecular formula is C15H24N2O3. The molecule has 0 aliphatic carbocycles. The molecule has 1 rings (SSSR count). The Morgan fingerprint density at radius 3 is 2.65 bits per heavy atom. The van der Waals surface area contributed by atoms with Gasteiger partial charge < -0.3 is 20.9 Å². The Kier molecular flexibility index (Phi) is 5.53. The normalized spacial score (nSPS) is 13.8. The van der Waals surface area contributed by atoms with Gasteiger partial charge in [-0.1, -0.05) is 6.07 Å². The second-order valence-electron chi connectivity index (χ2n) is 5.45. The van der Waals surface area contributed by atoms with Crippen molar-refractivity contribution in [3.8, 4) is 0 Å². The molecule has 0 heterocycles. The Hall–Kier alpha value is -1.59. The lowest BCUT2D eigenvalue weighted by molar-refractivity contribution is 0.0243. The van der Waals surface area contributed by atoms with Crippen LogP contribution in [0.25, 0.3) is 0 Å². The van der Waals surface area contributed by atoms with Gasteiger partial charge >= 0.3 is 0 Å². The third-order valence-electron chi connectivity index (χ3n) is 3.33. The van der Waals surface area contributed by atoms with E-state index in [0.29, 0.717) is 24.3 Å². The fourth-order valence-corrected chi connectivity index (χ4v) is 1.89. The third kappa shape index (κ3) is 4.51. The molecule has 0 radical (unpaired) electrons. The highest BCUT2D eigenvalue weighted by atomic mass is 16.5. The van der Waals surface area contributed by atoms with E-state index >= 15 is 0 Å². The summed E-state index contributed by atoms with van der Waals surface area (Å²) >= 11 is 0. The van der Waals surface area contributed by atoms with Gasteiger partial charge in [0.15, 0.2) is 0 Å². The lowest BCUT2D eigenvalue weighted by Gasteiger charge is -2.23. The number of hydrogen-bond donors (Lipinski definition) is 3. The number of methoxy groups -OCH3 is 1. The predicted octanol–water partition coefficient (Wildman–Crippen LogP) is 1.40. The summed E-state index contributed by atoms with van der Waals surface area (Å²) in [5.41, 5.74) is 7.78. The van der Waals surface area contributed by atoms with Crippen molar-refractivity contribution in [3.63, 3.8) is 0 Å². The second-order valence-corrected chi connectivity index (χ2v) is 5.45. The first-order chi connectivity index (χ1) is 9.26. The molecule has 1 unspecified atom stereocenters. The largest absolute Gasteiger partial charge is 0.398 e. The Bertz CT molecular complexity index is 484. The van der Waals surface area contributed by atoms with Crippen LogP contribution in [0.3, 0.4) is 0 Å². The molecule has 1 atom stereocenters. The van der Waals surface area contributed by atoms with Gasteiger partial charge in [0.1, 0.15) is 0 Å². The molecule has 5 nitrogen and oxygen atoms in total. The van der Waals surface area contributed by atoms with Gasteiger partial charge in [0, 0.05) is 37.9 Å². The van der Waals surface area contributed by atoms with Gasteiger partial charge in [0.05, 0.1) is 5.60 Å². The minimum atomic E-state index is -0.990. The van der Waals surface area contributed by atoms with E-state index in [1.807, 2.05) is 19.9 Å². The molecule has 1 amide bonds. The van der Waals surface area contributed by atoms with Gasteiger partial charge in [0.2, 0.25) is 0 Å². The monoisotopic (exact) mass is 280 g/mol. The van der Waals surface area contributed by atoms with Crippen LogP contribution >= 0.6 is 0 Å². The number of amides is 1. The van der Waals surface area contributed by atoms with Crippen LogP contribution in [0, 0.1) is 13.8 Å². The molecule has 0 aliphatic heterocycles. The van der Waals surface area contributed by atoms with Crippen molar-refractivity contribution in [2.75, 3.05) is 26.0 Å². The summed E-state index contributed by atoms with van der Waals surface area (Å²) in [6.07, 6.45) is 0.457. The zero-order valence-electron chi connectivity index (χ0n) is 12.6. The molecule has 5 heteroatoms. The molecule has 1 aromatic carbocycles. The van der Waals surface area contributed by atoms with E-state index in [9.17, 15) is 9.90 Å². The molecule has 0 aromatic heterocycles. The van der Waals surface area contributed by atoms with Crippen molar-refractivity contribution in [2.45, 2.75) is 32.8 Å². The van der Waals surface area contributed by atoms with Gasteiger partial charge in [-0.05, 0) is 38.0 Å². The summed E-state index contributed by atoms with van der Waals surface area (Å²) in [6.45, 7) is 6.05. The number of ether oxygens (including phenoxy) is 1. The second kappa shape index (κ2) is 6.72. The van der Waals surface area contributed by atoms with E-state index in [0.717, 1.165) is 11.1 Å². The number of nitrogens with two attached hydrogens (primary N) is 1. The summed E-state index contributed by atoms with van der Waals surface area (Å²) in [4.78, 5) is 12.1. The minimum absolute atomic E-state index is 0.169. The smallest absolute Gasteiger partial charge is 0.251 e. The minimum Gasteiger partial charge on any atom is -0.398 e. The number of aliphatic hydroxyl groups is 1. The van der Waals surface area contributed by atoms with Gasteiger partial charge in [0.25, 0.3) is 5.91 Å². The van der Waals surface area contributed by atoms with E-state index in [1.54, 1.807) is 20.1 Å². The molecule has 112 valence electrons. The van der Waals surface area contributed by atoms with Crippen LogP contribution in [0.15, 0.2) is 12.1 Å². The van der Waals surface area contributed by atoms with E-state index < -0.39 is 5.60 Å². The van der Waals surface area contributed by atoms with Crippen LogP contribution in [0.4, 0.5) is 5.69 Å². The maximum atomic E-state index is 12.1. The van der Waals surface area contributed by atoms with Gasteiger partial charge in [-0.25, -0.2) is 0 Å². The van der Waals surface area contributed by atoms with E-state index in [2.05, 4.69) is 5.32 Å². The molecule has 4 N–H and O–H groups in total. The highest BCUT2D eigenvalue weighted by Crippen LogP contribution is 2.18. The van der Waals surface area contributed by atoms with Gasteiger partial charge in [-0.3, -0.25) is 4.79 Å². The number of benzene rings is 1. The Morgan fingerprint density at radius 1 is 1.40 bits per heavy atom. The van der Waals surface area contributed by atoms with Gasteiger partial charge in [-0.2, -0.15) is 0 Å². The molecule has 0 saturated heterocycles. The van der Waals surface area contributed by atoms with Crippen molar-refractivity contribution in [3.05, 3.63) is 28.8 Å². The van der Waals surface area contributed by atoms with Crippen molar-refractivity contribution in [1.29, 1.82) is 0 Å². The Labute approximate surface area is 120 Å². The van der Waals surface area contributed by atoms with Gasteiger partial charge in [-0.15, -0.1) is 0 Å². The summed E-state index contributed by atoms with van der Waals surface area (Å²) in [5.74, 6) is -0.230. The molecule has 0 saturated carbocycles. The van der Waals surface area contributed by atoms with E-state index in [4.69, 9.17) is 10.5 Å². The maximum absolute atomic E-state index is 12.1. The third-order valence-corrected chi connectivity index (χ3v) is 3.33. The number of anilines is 1. The Balaban J connectivity index is 2.70. The summed E-state index contributed by atoms with van der Waals surface area (Å²) in [6, 6.07) is 3.55. The molecule has 1 aromatic rings. The highest BCUT2D eigenvalue weighted by Gasteiger charge is 2.21. The molecule has 0 aliphatic rings. The van der Waals surface area contributed by atoms with Crippen LogP contribution in [-0.2, 0) is 4.74 Å². The average Bonchev–Trinajstić information content (AvgIpc) is 2.38. The average molecular weight is 280 g/mol. The van der Waals surface area contributed by atoms with Crippen molar-refractivity contribution >= 4 is 11.6 Å². The number of aryl methyl sites for hydroxylation is 2. The van der Waals surface area contributed by atoms with E-state index in [1.165, 1.54) is 0 Å². The number of carbonyl (C=O) groups is 1. The maximum Gasteiger partial charge on any atom is 0.251 e. The molecule has 20 heavy (non-hydrogen) atoms. The first kappa shape index (κ1) is 16.5. The first-order valence-electron chi connectivity index (χ1n) is 6.63. The quantitative estimate of drug-likeness (QED) is 0.688. The highest BCUT2D eigenvalue weighted by molar-refractivity contribution is 5.96. The van der Waals surface area contributed by atoms with Crippen LogP contribution in [0.5, 0.6) is 0 Å². The molecule has 0 fully saturated rings. The SMILES string of the molecule is COCCC(C)(O)CNC(=O)c1cc(N)c(C)cc1C. The molecule has 0 spiro atoms. The fourth-order valence-electron chi connectivity index (χ4n) is 1.89. The fraction of sp³-hybridized carbons (Fsp3) is 0.533. The zero-order chi connectivity index (χ0) is 15.3. The number of hydrogen-bond acceptors (Lipinski definition) is 4. The first-order valence-corrected chi connectivity index (χ1v) is 6.63.